The van der Waals surface area contributed by atoms with E-state index in [1.165, 1.54) is 20.9 Å². The van der Waals surface area contributed by atoms with Gasteiger partial charge in [0.25, 0.3) is 0 Å². The molecule has 0 radical (unpaired) electrons. The fourth-order valence-corrected chi connectivity index (χ4v) is 1.92. The smallest absolute Gasteiger partial charge is 0.231 e. The first kappa shape index (κ1) is 12.8. The van der Waals surface area contributed by atoms with Gasteiger partial charge in [-0.15, -0.1) is 0 Å². The van der Waals surface area contributed by atoms with Crippen LogP contribution in [-0.2, 0) is 0 Å². The summed E-state index contributed by atoms with van der Waals surface area (Å²) in [5, 5.41) is 50.9. The number of quaternary nitrogens is 1. The summed E-state index contributed by atoms with van der Waals surface area (Å²) in [5.74, 6) is -2.68. The maximum atomic E-state index is 12.1. The van der Waals surface area contributed by atoms with E-state index in [1.807, 2.05) is 0 Å². The summed E-state index contributed by atoms with van der Waals surface area (Å²) in [5.41, 5.74) is -3.44. The first-order chi connectivity index (χ1) is 6.38. The molecule has 1 aliphatic heterocycles. The summed E-state index contributed by atoms with van der Waals surface area (Å²) < 4.78 is -0.940. The highest BCUT2D eigenvalue weighted by Gasteiger charge is 2.68. The number of rotatable bonds is 0. The molecule has 15 heavy (non-hydrogen) atoms. The van der Waals surface area contributed by atoms with Gasteiger partial charge in [0.2, 0.25) is 5.79 Å². The van der Waals surface area contributed by atoms with Gasteiger partial charge < -0.3 is 30.3 Å². The van der Waals surface area contributed by atoms with Crippen molar-refractivity contribution >= 4 is 0 Å². The van der Waals surface area contributed by atoms with Crippen LogP contribution < -0.4 is 0 Å². The predicted molar refractivity (Wildman–Crippen MR) is 52.3 cm³/mol. The van der Waals surface area contributed by atoms with Gasteiger partial charge in [-0.05, 0) is 20.8 Å². The van der Waals surface area contributed by atoms with Crippen molar-refractivity contribution in [2.24, 2.45) is 0 Å². The highest BCUT2D eigenvalue weighted by atomic mass is 16.6. The normalized spacial score (nSPS) is 49.0. The molecule has 1 heterocycles. The quantitative estimate of drug-likeness (QED) is 0.227. The van der Waals surface area contributed by atoms with Crippen molar-refractivity contribution in [2.45, 2.75) is 43.8 Å². The van der Waals surface area contributed by atoms with Crippen LogP contribution in [0.15, 0.2) is 0 Å². The van der Waals surface area contributed by atoms with E-state index in [2.05, 4.69) is 0 Å². The number of aliphatic hydroxyl groups excluding tert-OH is 1. The van der Waals surface area contributed by atoms with Gasteiger partial charge in [0.1, 0.15) is 12.1 Å². The first-order valence-electron chi connectivity index (χ1n) is 4.80. The molecule has 90 valence electrons. The van der Waals surface area contributed by atoms with Gasteiger partial charge >= 0.3 is 0 Å². The number of hydrogen-bond acceptors (Lipinski definition) is 5. The molecule has 1 rings (SSSR count). The number of aliphatic hydroxyl groups is 4. The largest absolute Gasteiger partial charge is 0.632 e. The maximum absolute atomic E-state index is 12.1. The lowest BCUT2D eigenvalue weighted by atomic mass is 9.70. The van der Waals surface area contributed by atoms with Gasteiger partial charge in [0, 0.05) is 0 Å². The highest BCUT2D eigenvalue weighted by molar-refractivity contribution is 5.08. The van der Waals surface area contributed by atoms with Crippen molar-refractivity contribution in [3.8, 4) is 0 Å². The molecule has 4 N–H and O–H groups in total. The summed E-state index contributed by atoms with van der Waals surface area (Å²) in [6.45, 7) is 3.64. The minimum absolute atomic E-state index is 0.379. The average molecular weight is 221 g/mol. The summed E-state index contributed by atoms with van der Waals surface area (Å²) in [4.78, 5) is 0. The van der Waals surface area contributed by atoms with Crippen LogP contribution in [0.25, 0.3) is 0 Å². The highest BCUT2D eigenvalue weighted by Crippen LogP contribution is 2.44. The van der Waals surface area contributed by atoms with Crippen LogP contribution in [0.5, 0.6) is 0 Å². The third kappa shape index (κ3) is 1.33. The van der Waals surface area contributed by atoms with Crippen molar-refractivity contribution < 1.29 is 25.1 Å². The lowest BCUT2D eigenvalue weighted by Crippen LogP contribution is -2.83. The SMILES string of the molecule is CC1(O)C(O)(O)C(O)C[N+](C)([O-])C1(C)C. The monoisotopic (exact) mass is 221 g/mol. The topological polar surface area (TPSA) is 104 Å². The molecule has 1 aliphatic rings. The van der Waals surface area contributed by atoms with E-state index in [9.17, 15) is 25.6 Å². The van der Waals surface area contributed by atoms with Crippen LogP contribution in [-0.4, -0.2) is 61.7 Å². The van der Waals surface area contributed by atoms with E-state index in [0.717, 1.165) is 6.92 Å². The Bertz CT molecular complexity index is 272. The molecule has 0 aromatic carbocycles. The second-order valence-corrected chi connectivity index (χ2v) is 5.16. The third-order valence-corrected chi connectivity index (χ3v) is 4.08. The van der Waals surface area contributed by atoms with Gasteiger partial charge in [-0.2, -0.15) is 0 Å². The molecular weight excluding hydrogens is 202 g/mol. The van der Waals surface area contributed by atoms with Crippen LogP contribution in [0.4, 0.5) is 0 Å². The fourth-order valence-electron chi connectivity index (χ4n) is 1.92. The number of hydrogen-bond donors (Lipinski definition) is 4. The van der Waals surface area contributed by atoms with Crippen LogP contribution in [0.3, 0.4) is 0 Å². The number of likely N-dealkylation sites (tertiary alicyclic amines) is 1. The molecule has 0 spiro atoms. The third-order valence-electron chi connectivity index (χ3n) is 4.08. The zero-order chi connectivity index (χ0) is 12.3. The minimum Gasteiger partial charge on any atom is -0.632 e. The van der Waals surface area contributed by atoms with Gasteiger partial charge in [0.15, 0.2) is 11.7 Å². The van der Waals surface area contributed by atoms with Crippen molar-refractivity contribution in [3.05, 3.63) is 5.21 Å². The minimum atomic E-state index is -2.68. The van der Waals surface area contributed by atoms with Gasteiger partial charge in [-0.25, -0.2) is 0 Å². The van der Waals surface area contributed by atoms with Crippen LogP contribution >= 0.6 is 0 Å². The number of hydroxylamine groups is 3. The second-order valence-electron chi connectivity index (χ2n) is 5.16. The Kier molecular flexibility index (Phi) is 2.49. The molecule has 0 amide bonds. The lowest BCUT2D eigenvalue weighted by Gasteiger charge is -2.64. The van der Waals surface area contributed by atoms with Crippen molar-refractivity contribution in [1.29, 1.82) is 0 Å². The zero-order valence-electron chi connectivity index (χ0n) is 9.43. The number of piperidine rings is 1. The van der Waals surface area contributed by atoms with Gasteiger partial charge in [0.05, 0.1) is 7.05 Å². The first-order valence-corrected chi connectivity index (χ1v) is 4.80. The molecule has 0 aliphatic carbocycles. The van der Waals surface area contributed by atoms with E-state index >= 15 is 0 Å². The molecule has 1 fully saturated rings. The molecule has 6 nitrogen and oxygen atoms in total. The number of likely N-dealkylation sites (N-methyl/N-ethyl adjacent to an activating group) is 1. The summed E-state index contributed by atoms with van der Waals surface area (Å²) in [6.07, 6.45) is -1.68. The molecule has 1 saturated heterocycles. The molecule has 0 bridgehead atoms. The van der Waals surface area contributed by atoms with Crippen LogP contribution in [0.1, 0.15) is 20.8 Å². The molecule has 0 aromatic heterocycles. The van der Waals surface area contributed by atoms with E-state index in [-0.39, 0.29) is 6.54 Å². The van der Waals surface area contributed by atoms with E-state index in [0.29, 0.717) is 0 Å². The Morgan fingerprint density at radius 3 is 2.00 bits per heavy atom. The maximum Gasteiger partial charge on any atom is 0.231 e. The fraction of sp³-hybridized carbons (Fsp3) is 1.00. The zero-order valence-corrected chi connectivity index (χ0v) is 9.43. The van der Waals surface area contributed by atoms with E-state index in [4.69, 9.17) is 0 Å². The summed E-state index contributed by atoms with van der Waals surface area (Å²) in [6, 6.07) is 0. The van der Waals surface area contributed by atoms with Crippen molar-refractivity contribution in [1.82, 2.24) is 0 Å². The Hall–Kier alpha value is -0.240. The standard InChI is InChI=1S/C9H19NO5/c1-7(2)8(3,12)9(13,14)6(11)5-10(7,4)15/h6,11-14H,5H2,1-4H3. The Balaban J connectivity index is 3.30. The second kappa shape index (κ2) is 2.91. The Morgan fingerprint density at radius 1 is 1.20 bits per heavy atom. The predicted octanol–water partition coefficient (Wildman–Crippen LogP) is -1.48. The number of nitrogens with zero attached hydrogens (tertiary/aromatic N) is 1. The molecular formula is C9H19NO5. The Morgan fingerprint density at radius 2 is 1.60 bits per heavy atom. The molecule has 3 atom stereocenters. The van der Waals surface area contributed by atoms with E-state index in [1.54, 1.807) is 0 Å². The summed E-state index contributed by atoms with van der Waals surface area (Å²) >= 11 is 0. The van der Waals surface area contributed by atoms with Gasteiger partial charge in [-0.1, -0.05) is 0 Å². The molecule has 6 heteroatoms. The van der Waals surface area contributed by atoms with Gasteiger partial charge in [-0.3, -0.25) is 0 Å². The molecule has 0 saturated carbocycles. The van der Waals surface area contributed by atoms with E-state index < -0.39 is 27.7 Å². The Labute approximate surface area is 88.5 Å². The molecule has 0 aromatic rings. The van der Waals surface area contributed by atoms with Crippen molar-refractivity contribution in [3.63, 3.8) is 0 Å². The summed E-state index contributed by atoms with van der Waals surface area (Å²) in [7, 11) is 1.28. The lowest BCUT2D eigenvalue weighted by molar-refractivity contribution is -0.935. The van der Waals surface area contributed by atoms with Crippen molar-refractivity contribution in [2.75, 3.05) is 13.6 Å². The van der Waals surface area contributed by atoms with Crippen LogP contribution in [0.2, 0.25) is 0 Å². The average Bonchev–Trinajstić information content (AvgIpc) is 2.00. The van der Waals surface area contributed by atoms with Crippen LogP contribution in [0, 0.1) is 5.21 Å². The molecule has 3 unspecified atom stereocenters.